The van der Waals surface area contributed by atoms with Gasteiger partial charge < -0.3 is 15.4 Å². The number of nitrogens with one attached hydrogen (secondary N) is 3. The molecule has 1 atom stereocenters. The Labute approximate surface area is 137 Å². The van der Waals surface area contributed by atoms with Crippen LogP contribution in [-0.2, 0) is 14.8 Å². The molecule has 7 nitrogen and oxygen atoms in total. The van der Waals surface area contributed by atoms with Crippen LogP contribution in [0.2, 0.25) is 0 Å². The third kappa shape index (κ3) is 3.17. The quantitative estimate of drug-likeness (QED) is 0.779. The average Bonchev–Trinajstić information content (AvgIpc) is 2.54. The Morgan fingerprint density at radius 1 is 1.21 bits per heavy atom. The van der Waals surface area contributed by atoms with Crippen LogP contribution < -0.4 is 20.1 Å². The van der Waals surface area contributed by atoms with E-state index < -0.39 is 27.9 Å². The van der Waals surface area contributed by atoms with Crippen LogP contribution in [0.1, 0.15) is 0 Å². The molecule has 0 aliphatic carbocycles. The van der Waals surface area contributed by atoms with E-state index in [2.05, 4.69) is 15.4 Å². The predicted octanol–water partition coefficient (Wildman–Crippen LogP) is 1.50. The van der Waals surface area contributed by atoms with Crippen molar-refractivity contribution < 1.29 is 22.3 Å². The summed E-state index contributed by atoms with van der Waals surface area (Å²) in [5.41, 5.74) is 0.496. The lowest BCUT2D eigenvalue weighted by molar-refractivity contribution is -0.117. The van der Waals surface area contributed by atoms with Crippen molar-refractivity contribution in [3.8, 4) is 5.75 Å². The van der Waals surface area contributed by atoms with E-state index in [0.717, 1.165) is 18.2 Å². The summed E-state index contributed by atoms with van der Waals surface area (Å²) in [6.07, 6.45) is -1.26. The van der Waals surface area contributed by atoms with Crippen molar-refractivity contribution in [1.82, 2.24) is 4.72 Å². The fourth-order valence-corrected chi connectivity index (χ4v) is 3.52. The maximum absolute atomic E-state index is 13.3. The van der Waals surface area contributed by atoms with Gasteiger partial charge in [-0.05, 0) is 42.5 Å². The smallest absolute Gasteiger partial charge is 0.262 e. The molecule has 9 heteroatoms. The first-order chi connectivity index (χ1) is 11.4. The van der Waals surface area contributed by atoms with Crippen molar-refractivity contribution in [2.75, 3.05) is 17.7 Å². The van der Waals surface area contributed by atoms with Crippen LogP contribution in [0.5, 0.6) is 5.75 Å². The van der Waals surface area contributed by atoms with Crippen molar-refractivity contribution >= 4 is 27.3 Å². The maximum atomic E-state index is 13.3. The Balaban J connectivity index is 1.81. The van der Waals surface area contributed by atoms with E-state index in [1.807, 2.05) is 0 Å². The van der Waals surface area contributed by atoms with Gasteiger partial charge in [0.05, 0.1) is 12.8 Å². The molecular weight excluding hydrogens is 337 g/mol. The van der Waals surface area contributed by atoms with Gasteiger partial charge in [0.1, 0.15) is 16.5 Å². The fraction of sp³-hybridized carbons (Fsp3) is 0.133. The number of amides is 1. The van der Waals surface area contributed by atoms with E-state index >= 15 is 0 Å². The molecule has 0 saturated carbocycles. The predicted molar refractivity (Wildman–Crippen MR) is 85.8 cm³/mol. The first kappa shape index (κ1) is 16.2. The van der Waals surface area contributed by atoms with Gasteiger partial charge in [-0.3, -0.25) is 4.79 Å². The highest BCUT2D eigenvalue weighted by Crippen LogP contribution is 2.27. The van der Waals surface area contributed by atoms with Crippen LogP contribution >= 0.6 is 0 Å². The minimum absolute atomic E-state index is 0.0311. The maximum Gasteiger partial charge on any atom is 0.262 e. The van der Waals surface area contributed by atoms with E-state index in [9.17, 15) is 17.6 Å². The van der Waals surface area contributed by atoms with Crippen LogP contribution in [0.3, 0.4) is 0 Å². The van der Waals surface area contributed by atoms with E-state index in [1.54, 1.807) is 24.3 Å². The van der Waals surface area contributed by atoms with Gasteiger partial charge in [0.25, 0.3) is 5.91 Å². The number of methoxy groups -OCH3 is 1. The van der Waals surface area contributed by atoms with Gasteiger partial charge in [0, 0.05) is 5.69 Å². The van der Waals surface area contributed by atoms with Crippen LogP contribution in [0.4, 0.5) is 15.8 Å². The number of carbonyl (C=O) groups is 1. The molecule has 0 radical (unpaired) electrons. The molecule has 3 rings (SSSR count). The number of anilines is 2. The number of rotatable bonds is 3. The van der Waals surface area contributed by atoms with Crippen molar-refractivity contribution in [3.05, 3.63) is 48.3 Å². The van der Waals surface area contributed by atoms with Crippen molar-refractivity contribution in [2.45, 2.75) is 11.1 Å². The molecule has 0 saturated heterocycles. The largest absolute Gasteiger partial charge is 0.497 e. The first-order valence-electron chi connectivity index (χ1n) is 6.92. The summed E-state index contributed by atoms with van der Waals surface area (Å²) in [4.78, 5) is 12.2. The highest BCUT2D eigenvalue weighted by atomic mass is 32.2. The van der Waals surface area contributed by atoms with Gasteiger partial charge in [-0.1, -0.05) is 0 Å². The summed E-state index contributed by atoms with van der Waals surface area (Å²) in [5.74, 6) is -0.611. The van der Waals surface area contributed by atoms with Crippen LogP contribution in [-0.4, -0.2) is 27.6 Å². The third-order valence-electron chi connectivity index (χ3n) is 3.42. The van der Waals surface area contributed by atoms with Gasteiger partial charge in [-0.25, -0.2) is 12.8 Å². The van der Waals surface area contributed by atoms with Crippen LogP contribution in [0, 0.1) is 5.82 Å². The molecule has 1 aliphatic rings. The van der Waals surface area contributed by atoms with Crippen molar-refractivity contribution in [1.29, 1.82) is 0 Å². The number of ether oxygens (including phenoxy) is 1. The Kier molecular flexibility index (Phi) is 4.12. The van der Waals surface area contributed by atoms with E-state index in [1.165, 1.54) is 7.11 Å². The monoisotopic (exact) mass is 351 g/mol. The number of benzene rings is 2. The Hall–Kier alpha value is -2.65. The van der Waals surface area contributed by atoms with Crippen molar-refractivity contribution in [2.24, 2.45) is 0 Å². The van der Waals surface area contributed by atoms with Crippen LogP contribution in [0.15, 0.2) is 47.4 Å². The Morgan fingerprint density at radius 2 is 1.92 bits per heavy atom. The lowest BCUT2D eigenvalue weighted by Gasteiger charge is -2.27. The molecule has 0 spiro atoms. The highest BCUT2D eigenvalue weighted by molar-refractivity contribution is 7.89. The number of halogens is 1. The van der Waals surface area contributed by atoms with Gasteiger partial charge in [-0.2, -0.15) is 4.72 Å². The number of sulfonamides is 1. The molecule has 1 unspecified atom stereocenters. The Bertz CT molecular complexity index is 884. The zero-order valence-corrected chi connectivity index (χ0v) is 13.4. The number of hydrogen-bond donors (Lipinski definition) is 3. The number of hydrogen-bond acceptors (Lipinski definition) is 5. The minimum Gasteiger partial charge on any atom is -0.497 e. The topological polar surface area (TPSA) is 96.5 Å². The summed E-state index contributed by atoms with van der Waals surface area (Å²) in [6, 6.07) is 9.73. The third-order valence-corrected chi connectivity index (χ3v) is 4.90. The fourth-order valence-electron chi connectivity index (χ4n) is 2.26. The molecule has 126 valence electrons. The molecule has 0 bridgehead atoms. The minimum atomic E-state index is -3.92. The summed E-state index contributed by atoms with van der Waals surface area (Å²) in [5, 5.41) is 5.24. The number of carbonyl (C=O) groups excluding carboxylic acids is 1. The molecule has 1 heterocycles. The number of fused-ring (bicyclic) bond motifs is 1. The summed E-state index contributed by atoms with van der Waals surface area (Å²) in [6.45, 7) is 0. The zero-order chi connectivity index (χ0) is 17.3. The Morgan fingerprint density at radius 3 is 2.58 bits per heavy atom. The second kappa shape index (κ2) is 6.10. The SMILES string of the molecule is COc1ccc(NC(=O)C2Nc3cc(F)ccc3S(=O)(=O)N2)cc1. The zero-order valence-electron chi connectivity index (χ0n) is 12.5. The van der Waals surface area contributed by atoms with Gasteiger partial charge >= 0.3 is 0 Å². The molecule has 1 aliphatic heterocycles. The second-order valence-corrected chi connectivity index (χ2v) is 6.74. The molecular formula is C15H14FN3O4S. The van der Waals surface area contributed by atoms with Crippen LogP contribution in [0.25, 0.3) is 0 Å². The van der Waals surface area contributed by atoms with E-state index in [0.29, 0.717) is 11.4 Å². The van der Waals surface area contributed by atoms with Gasteiger partial charge in [-0.15, -0.1) is 0 Å². The lowest BCUT2D eigenvalue weighted by atomic mass is 10.2. The molecule has 2 aromatic carbocycles. The second-order valence-electron chi connectivity index (χ2n) is 5.06. The summed E-state index contributed by atoms with van der Waals surface area (Å²) >= 11 is 0. The first-order valence-corrected chi connectivity index (χ1v) is 8.41. The van der Waals surface area contributed by atoms with E-state index in [-0.39, 0.29) is 10.6 Å². The standard InChI is InChI=1S/C15H14FN3O4S/c1-23-11-5-3-10(4-6-11)17-15(20)14-18-12-8-9(16)2-7-13(12)24(21,22)19-14/h2-8,14,18-19H,1H3,(H,17,20). The molecule has 3 N–H and O–H groups in total. The molecule has 24 heavy (non-hydrogen) atoms. The van der Waals surface area contributed by atoms with Gasteiger partial charge in [0.2, 0.25) is 10.0 Å². The lowest BCUT2D eigenvalue weighted by Crippen LogP contribution is -2.51. The molecule has 1 amide bonds. The molecule has 0 fully saturated rings. The molecule has 0 aromatic heterocycles. The normalized spacial score (nSPS) is 18.2. The highest BCUT2D eigenvalue weighted by Gasteiger charge is 2.33. The summed E-state index contributed by atoms with van der Waals surface area (Å²) < 4.78 is 44.9. The van der Waals surface area contributed by atoms with Crippen molar-refractivity contribution in [3.63, 3.8) is 0 Å². The average molecular weight is 351 g/mol. The summed E-state index contributed by atoms with van der Waals surface area (Å²) in [7, 11) is -2.40. The molecule has 2 aromatic rings. The van der Waals surface area contributed by atoms with Gasteiger partial charge in [0.15, 0.2) is 6.17 Å². The van der Waals surface area contributed by atoms with E-state index in [4.69, 9.17) is 4.74 Å².